The molecule has 3 aliphatic rings. The first-order valence-electron chi connectivity index (χ1n) is 26.6. The topological polar surface area (TPSA) is 237 Å². The highest BCUT2D eigenvalue weighted by atomic mass is 16.7. The van der Waals surface area contributed by atoms with E-state index in [4.69, 9.17) is 47.4 Å². The molecule has 5 unspecified atom stereocenters. The van der Waals surface area contributed by atoms with Gasteiger partial charge in [-0.05, 0) is 103 Å². The summed E-state index contributed by atoms with van der Waals surface area (Å²) in [5.74, 6) is -2.31. The number of ether oxygens (including phenoxy) is 10. The Balaban J connectivity index is 1.44. The Morgan fingerprint density at radius 3 is 2.30 bits per heavy atom. The lowest BCUT2D eigenvalue weighted by Gasteiger charge is -2.50. The molecule has 0 radical (unpaired) electrons. The molecule has 0 spiro atoms. The van der Waals surface area contributed by atoms with Crippen molar-refractivity contribution in [3.63, 3.8) is 0 Å². The molecule has 424 valence electrons. The Labute approximate surface area is 447 Å². The fourth-order valence-electron chi connectivity index (χ4n) is 10.4. The average Bonchev–Trinajstić information content (AvgIpc) is 3.36. The number of nitrogens with zero attached hydrogens (tertiary/aromatic N) is 3. The molecule has 5 rings (SSSR count). The number of pyridine rings is 1. The van der Waals surface area contributed by atoms with Crippen LogP contribution < -0.4 is 4.74 Å². The van der Waals surface area contributed by atoms with Gasteiger partial charge in [0.2, 0.25) is 0 Å². The van der Waals surface area contributed by atoms with Gasteiger partial charge in [-0.25, -0.2) is 0 Å². The molecule has 3 fully saturated rings. The van der Waals surface area contributed by atoms with Crippen molar-refractivity contribution in [1.29, 1.82) is 0 Å². The number of aliphatic hydroxyl groups is 2. The summed E-state index contributed by atoms with van der Waals surface area (Å²) >= 11 is 0. The zero-order chi connectivity index (χ0) is 55.7. The van der Waals surface area contributed by atoms with Crippen LogP contribution in [0.15, 0.2) is 54.9 Å². The molecule has 3 saturated heterocycles. The molecule has 2 N–H and O–H groups in total. The molecule has 0 amide bonds. The summed E-state index contributed by atoms with van der Waals surface area (Å²) in [5.41, 5.74) is -0.569. The number of hydrogen-bond acceptors (Lipinski definition) is 20. The summed E-state index contributed by atoms with van der Waals surface area (Å²) < 4.78 is 62.1. The molecule has 2 aromatic rings. The Morgan fingerprint density at radius 2 is 1.64 bits per heavy atom. The summed E-state index contributed by atoms with van der Waals surface area (Å²) in [7, 11) is 6.78. The predicted octanol–water partition coefficient (Wildman–Crippen LogP) is 5.82. The minimum Gasteiger partial charge on any atom is -0.462 e. The van der Waals surface area contributed by atoms with Crippen molar-refractivity contribution in [2.24, 2.45) is 11.8 Å². The van der Waals surface area contributed by atoms with Gasteiger partial charge in [-0.15, -0.1) is 0 Å². The van der Waals surface area contributed by atoms with Crippen molar-refractivity contribution in [3.05, 3.63) is 60.4 Å². The normalized spacial score (nSPS) is 33.5. The van der Waals surface area contributed by atoms with Gasteiger partial charge in [-0.1, -0.05) is 51.1 Å². The van der Waals surface area contributed by atoms with Crippen LogP contribution in [-0.4, -0.2) is 182 Å². The number of aromatic nitrogens is 1. The highest BCUT2D eigenvalue weighted by Crippen LogP contribution is 2.39. The standard InChI is InChI=1S/C56H83N3O17/c1-12-45(63)72-44-29-47(65)71-41(22-17-19-38-28-42(32-57-31-38)70-40-20-15-14-16-21-40)23-18-25-59(10)33-43(62)34(3)27-39(24-26-60)52(53(44)67-11)75-55-50(66)49(58(8)9)51(35(4)69-55)74-48-30-56(7,76-37(6)61)54(36(5)68-48)73-46(64)13-2/h14-17,19-21,26,28,31-32,34-36,39,41,43-44,48-55,62,66H,12-13,18,22-25,27,29-30,33H2,1-11H3/t34-,35?,36?,39+,41+,43+,44-,48+,49?,50?,51-,52+,53+,54+,55+,56?/m1/s1. The molecule has 16 atom stereocenters. The number of rotatable bonds is 18. The number of benzene rings is 1. The number of esters is 4. The summed E-state index contributed by atoms with van der Waals surface area (Å²) in [6.07, 6.45) is -3.58. The van der Waals surface area contributed by atoms with Crippen molar-refractivity contribution in [2.75, 3.05) is 41.3 Å². The van der Waals surface area contributed by atoms with Gasteiger partial charge < -0.3 is 72.2 Å². The van der Waals surface area contributed by atoms with Gasteiger partial charge in [0, 0.05) is 58.9 Å². The first-order valence-corrected chi connectivity index (χ1v) is 26.6. The monoisotopic (exact) mass is 1070 g/mol. The van der Waals surface area contributed by atoms with Crippen LogP contribution in [0.3, 0.4) is 0 Å². The van der Waals surface area contributed by atoms with Crippen molar-refractivity contribution >= 4 is 36.2 Å². The predicted molar refractivity (Wildman–Crippen MR) is 277 cm³/mol. The number of aldehydes is 1. The van der Waals surface area contributed by atoms with Gasteiger partial charge in [0.25, 0.3) is 0 Å². The molecule has 3 aliphatic heterocycles. The molecule has 4 heterocycles. The van der Waals surface area contributed by atoms with Crippen LogP contribution >= 0.6 is 0 Å². The van der Waals surface area contributed by atoms with Crippen LogP contribution in [0.1, 0.15) is 112 Å². The zero-order valence-corrected chi connectivity index (χ0v) is 46.1. The van der Waals surface area contributed by atoms with Crippen LogP contribution in [-0.2, 0) is 66.6 Å². The molecular weight excluding hydrogens is 987 g/mol. The maximum atomic E-state index is 14.2. The number of para-hydroxylation sites is 1. The summed E-state index contributed by atoms with van der Waals surface area (Å²) in [5, 5.41) is 24.1. The second-order valence-corrected chi connectivity index (χ2v) is 20.8. The van der Waals surface area contributed by atoms with Gasteiger partial charge in [0.15, 0.2) is 24.3 Å². The van der Waals surface area contributed by atoms with Gasteiger partial charge in [0.05, 0.1) is 43.1 Å². The Morgan fingerprint density at radius 1 is 0.934 bits per heavy atom. The summed E-state index contributed by atoms with van der Waals surface area (Å²) in [4.78, 5) is 73.2. The fourth-order valence-corrected chi connectivity index (χ4v) is 10.4. The van der Waals surface area contributed by atoms with Crippen LogP contribution in [0.4, 0.5) is 0 Å². The molecule has 76 heavy (non-hydrogen) atoms. The van der Waals surface area contributed by atoms with Crippen LogP contribution in [0.2, 0.25) is 0 Å². The third kappa shape index (κ3) is 17.8. The van der Waals surface area contributed by atoms with Crippen LogP contribution in [0, 0.1) is 11.8 Å². The lowest BCUT2D eigenvalue weighted by molar-refractivity contribution is -0.344. The molecule has 0 saturated carbocycles. The Hall–Kier alpha value is -4.90. The number of β-amino-alcohol motifs (C(OH)–C–C–N with tert-alkyl or cyclic N) is 1. The van der Waals surface area contributed by atoms with E-state index in [1.807, 2.05) is 67.4 Å². The van der Waals surface area contributed by atoms with E-state index in [1.54, 1.807) is 66.0 Å². The van der Waals surface area contributed by atoms with Crippen molar-refractivity contribution in [2.45, 2.75) is 192 Å². The van der Waals surface area contributed by atoms with Crippen molar-refractivity contribution in [1.82, 2.24) is 14.8 Å². The molecule has 20 nitrogen and oxygen atoms in total. The van der Waals surface area contributed by atoms with E-state index in [-0.39, 0.29) is 32.1 Å². The minimum absolute atomic E-state index is 0.0297. The minimum atomic E-state index is -1.45. The van der Waals surface area contributed by atoms with E-state index >= 15 is 0 Å². The molecule has 20 heteroatoms. The second-order valence-electron chi connectivity index (χ2n) is 20.8. The number of methoxy groups -OCH3 is 1. The first-order chi connectivity index (χ1) is 36.2. The molecule has 1 aromatic heterocycles. The summed E-state index contributed by atoms with van der Waals surface area (Å²) in [6.45, 7) is 12.4. The quantitative estimate of drug-likeness (QED) is 0.102. The molecule has 1 aromatic carbocycles. The van der Waals surface area contributed by atoms with Gasteiger partial charge in [-0.3, -0.25) is 24.2 Å². The fraction of sp³-hybridized carbons (Fsp3) is 0.679. The van der Waals surface area contributed by atoms with Gasteiger partial charge in [0.1, 0.15) is 48.3 Å². The number of aliphatic hydroxyl groups excluding tert-OH is 2. The number of hydrogen-bond donors (Lipinski definition) is 2. The van der Waals surface area contributed by atoms with E-state index in [2.05, 4.69) is 4.98 Å². The highest BCUT2D eigenvalue weighted by Gasteiger charge is 2.54. The number of likely N-dealkylation sites (N-methyl/N-ethyl adjacent to an activating group) is 2. The van der Waals surface area contributed by atoms with Crippen LogP contribution in [0.5, 0.6) is 11.5 Å². The van der Waals surface area contributed by atoms with E-state index in [0.29, 0.717) is 43.9 Å². The van der Waals surface area contributed by atoms with E-state index in [0.717, 1.165) is 11.8 Å². The smallest absolute Gasteiger partial charge is 0.309 e. The van der Waals surface area contributed by atoms with Crippen LogP contribution in [0.25, 0.3) is 6.08 Å². The third-order valence-corrected chi connectivity index (χ3v) is 14.2. The largest absolute Gasteiger partial charge is 0.462 e. The van der Waals surface area contributed by atoms with Gasteiger partial charge in [-0.2, -0.15) is 0 Å². The number of carbonyl (C=O) groups is 5. The van der Waals surface area contributed by atoms with Gasteiger partial charge >= 0.3 is 23.9 Å². The zero-order valence-electron chi connectivity index (χ0n) is 46.1. The Bertz CT molecular complexity index is 2180. The van der Waals surface area contributed by atoms with Crippen molar-refractivity contribution in [3.8, 4) is 11.5 Å². The SMILES string of the molecule is CCC(=O)O[C@@H]1CC(=O)O[C@@H](CC=Cc2cncc(Oc3ccccc3)c2)CCCN(C)C[C@H](O)[C@H](C)C[C@H](CC=O)[C@H](O[C@@H]2OC(C)[C@@H](O[C@H]3CC(C)(OC(C)=O)[C@@H](OC(=O)CC)C(C)O3)C(N(C)C)C2O)[C@H]1OC. The lowest BCUT2D eigenvalue weighted by atomic mass is 9.82. The first kappa shape index (κ1) is 61.9. The molecular formula is C56H83N3O17. The Kier molecular flexibility index (Phi) is 24.2. The highest BCUT2D eigenvalue weighted by molar-refractivity contribution is 5.73. The molecule has 0 aliphatic carbocycles. The van der Waals surface area contributed by atoms with E-state index in [1.165, 1.54) is 14.0 Å². The molecule has 0 bridgehead atoms. The van der Waals surface area contributed by atoms with Crippen molar-refractivity contribution < 1.29 is 81.6 Å². The maximum absolute atomic E-state index is 14.2. The second kappa shape index (κ2) is 29.7. The summed E-state index contributed by atoms with van der Waals surface area (Å²) in [6, 6.07) is 10.4. The third-order valence-electron chi connectivity index (χ3n) is 14.2. The van der Waals surface area contributed by atoms with E-state index < -0.39 is 127 Å². The maximum Gasteiger partial charge on any atom is 0.309 e. The number of carbonyl (C=O) groups excluding carboxylic acids is 5. The van der Waals surface area contributed by atoms with E-state index in [9.17, 15) is 34.2 Å². The number of cyclic esters (lactones) is 1. The average molecular weight is 1070 g/mol. The lowest BCUT2D eigenvalue weighted by Crippen LogP contribution is -2.66.